The normalized spacial score (nSPS) is 27.8. The lowest BCUT2D eigenvalue weighted by molar-refractivity contribution is -0.145. The van der Waals surface area contributed by atoms with E-state index in [1.165, 1.54) is 6.42 Å². The Morgan fingerprint density at radius 2 is 2.19 bits per heavy atom. The zero-order valence-electron chi connectivity index (χ0n) is 16.0. The monoisotopic (exact) mass is 371 g/mol. The molecule has 3 aliphatic rings. The number of piperidine rings is 3. The summed E-state index contributed by atoms with van der Waals surface area (Å²) in [6.07, 6.45) is 4.06. The van der Waals surface area contributed by atoms with Gasteiger partial charge in [-0.15, -0.1) is 0 Å². The van der Waals surface area contributed by atoms with Crippen molar-refractivity contribution in [2.75, 3.05) is 33.3 Å². The summed E-state index contributed by atoms with van der Waals surface area (Å²) in [4.78, 5) is 29.1. The molecule has 4 rings (SSSR count). The number of amides is 2. The molecule has 6 nitrogen and oxygen atoms in total. The molecule has 2 bridgehead atoms. The maximum absolute atomic E-state index is 12.4. The SMILES string of the molecule is COc1cccc(CNC(=O)CN2C[C@H]3C[C@H](C2)[C@H]2CCCC(=O)N2C3)c1. The fraction of sp³-hybridized carbons (Fsp3) is 0.619. The third-order valence-corrected chi connectivity index (χ3v) is 6.25. The van der Waals surface area contributed by atoms with Crippen LogP contribution in [0.15, 0.2) is 24.3 Å². The number of hydrogen-bond donors (Lipinski definition) is 1. The molecule has 0 aromatic heterocycles. The summed E-state index contributed by atoms with van der Waals surface area (Å²) in [5.41, 5.74) is 1.04. The van der Waals surface area contributed by atoms with E-state index in [2.05, 4.69) is 15.1 Å². The summed E-state index contributed by atoms with van der Waals surface area (Å²) in [5.74, 6) is 2.23. The molecular formula is C21H29N3O3. The minimum atomic E-state index is 0.0642. The molecule has 27 heavy (non-hydrogen) atoms. The van der Waals surface area contributed by atoms with Crippen LogP contribution in [0.5, 0.6) is 5.75 Å². The first-order valence-corrected chi connectivity index (χ1v) is 10.0. The molecular weight excluding hydrogens is 342 g/mol. The Balaban J connectivity index is 1.30. The number of ether oxygens (including phenoxy) is 1. The van der Waals surface area contributed by atoms with Crippen LogP contribution in [0.4, 0.5) is 0 Å². The second-order valence-corrected chi connectivity index (χ2v) is 8.19. The van der Waals surface area contributed by atoms with E-state index in [1.54, 1.807) is 7.11 Å². The van der Waals surface area contributed by atoms with Crippen LogP contribution in [0.2, 0.25) is 0 Å². The molecule has 2 amide bonds. The number of hydrogen-bond acceptors (Lipinski definition) is 4. The summed E-state index contributed by atoms with van der Waals surface area (Å²) < 4.78 is 5.23. The Bertz CT molecular complexity index is 708. The van der Waals surface area contributed by atoms with Gasteiger partial charge in [-0.25, -0.2) is 0 Å². The van der Waals surface area contributed by atoms with Crippen molar-refractivity contribution in [3.8, 4) is 5.75 Å². The largest absolute Gasteiger partial charge is 0.497 e. The maximum atomic E-state index is 12.4. The van der Waals surface area contributed by atoms with Crippen LogP contribution >= 0.6 is 0 Å². The molecule has 3 saturated heterocycles. The van der Waals surface area contributed by atoms with Gasteiger partial charge in [0.2, 0.25) is 11.8 Å². The number of carbonyl (C=O) groups is 2. The van der Waals surface area contributed by atoms with Crippen LogP contribution in [0.1, 0.15) is 31.2 Å². The molecule has 0 saturated carbocycles. The van der Waals surface area contributed by atoms with Gasteiger partial charge in [0.15, 0.2) is 0 Å². The number of carbonyl (C=O) groups excluding carboxylic acids is 2. The maximum Gasteiger partial charge on any atom is 0.234 e. The highest BCUT2D eigenvalue weighted by atomic mass is 16.5. The summed E-state index contributed by atoms with van der Waals surface area (Å²) >= 11 is 0. The van der Waals surface area contributed by atoms with E-state index in [0.29, 0.717) is 43.3 Å². The van der Waals surface area contributed by atoms with Crippen LogP contribution < -0.4 is 10.1 Å². The van der Waals surface area contributed by atoms with E-state index >= 15 is 0 Å². The van der Waals surface area contributed by atoms with E-state index in [4.69, 9.17) is 4.74 Å². The molecule has 3 fully saturated rings. The Hall–Kier alpha value is -2.08. The lowest BCUT2D eigenvalue weighted by Crippen LogP contribution is -2.61. The van der Waals surface area contributed by atoms with Gasteiger partial charge in [-0.05, 0) is 48.8 Å². The predicted octanol–water partition coefficient (Wildman–Crippen LogP) is 1.64. The smallest absolute Gasteiger partial charge is 0.234 e. The second kappa shape index (κ2) is 7.89. The highest BCUT2D eigenvalue weighted by Gasteiger charge is 2.43. The molecule has 3 aliphatic heterocycles. The number of nitrogens with one attached hydrogen (secondary N) is 1. The molecule has 146 valence electrons. The fourth-order valence-corrected chi connectivity index (χ4v) is 5.08. The van der Waals surface area contributed by atoms with Crippen molar-refractivity contribution in [2.45, 2.75) is 38.3 Å². The fourth-order valence-electron chi connectivity index (χ4n) is 5.08. The van der Waals surface area contributed by atoms with Gasteiger partial charge < -0.3 is 15.0 Å². The van der Waals surface area contributed by atoms with E-state index in [1.807, 2.05) is 24.3 Å². The number of rotatable bonds is 5. The van der Waals surface area contributed by atoms with Crippen LogP contribution in [0.25, 0.3) is 0 Å². The Labute approximate surface area is 160 Å². The van der Waals surface area contributed by atoms with Gasteiger partial charge in [-0.3, -0.25) is 14.5 Å². The van der Waals surface area contributed by atoms with Crippen molar-refractivity contribution in [3.05, 3.63) is 29.8 Å². The van der Waals surface area contributed by atoms with Crippen LogP contribution in [-0.2, 0) is 16.1 Å². The lowest BCUT2D eigenvalue weighted by Gasteiger charge is -2.52. The zero-order valence-corrected chi connectivity index (χ0v) is 16.0. The highest BCUT2D eigenvalue weighted by molar-refractivity contribution is 5.78. The predicted molar refractivity (Wildman–Crippen MR) is 102 cm³/mol. The second-order valence-electron chi connectivity index (χ2n) is 8.19. The third-order valence-electron chi connectivity index (χ3n) is 6.25. The first-order chi connectivity index (χ1) is 13.1. The molecule has 1 aromatic rings. The molecule has 3 heterocycles. The first kappa shape index (κ1) is 18.3. The van der Waals surface area contributed by atoms with Crippen molar-refractivity contribution in [3.63, 3.8) is 0 Å². The van der Waals surface area contributed by atoms with Gasteiger partial charge in [0.25, 0.3) is 0 Å². The zero-order chi connectivity index (χ0) is 18.8. The van der Waals surface area contributed by atoms with E-state index in [0.717, 1.165) is 43.8 Å². The average molecular weight is 371 g/mol. The Morgan fingerprint density at radius 1 is 1.30 bits per heavy atom. The van der Waals surface area contributed by atoms with Gasteiger partial charge in [-0.1, -0.05) is 12.1 Å². The molecule has 1 N–H and O–H groups in total. The number of nitrogens with zero attached hydrogens (tertiary/aromatic N) is 2. The standard InChI is InChI=1S/C21H29N3O3/c1-27-18-5-2-4-15(9-18)10-22-20(25)14-23-11-16-8-17(13-23)19-6-3-7-21(26)24(19)12-16/h2,4-5,9,16-17,19H,3,6-8,10-14H2,1H3,(H,22,25)/t16-,17-,19-/m1/s1. The van der Waals surface area contributed by atoms with Gasteiger partial charge >= 0.3 is 0 Å². The summed E-state index contributed by atoms with van der Waals surface area (Å²) in [6, 6.07) is 8.16. The molecule has 3 atom stereocenters. The van der Waals surface area contributed by atoms with Gasteiger partial charge in [0.1, 0.15) is 5.75 Å². The van der Waals surface area contributed by atoms with Crippen molar-refractivity contribution in [2.24, 2.45) is 11.8 Å². The Kier molecular flexibility index (Phi) is 5.34. The number of likely N-dealkylation sites (tertiary alicyclic amines) is 1. The number of methoxy groups -OCH3 is 1. The molecule has 0 unspecified atom stereocenters. The lowest BCUT2D eigenvalue weighted by atomic mass is 9.76. The number of benzene rings is 1. The quantitative estimate of drug-likeness (QED) is 0.855. The molecule has 0 aliphatic carbocycles. The molecule has 0 spiro atoms. The van der Waals surface area contributed by atoms with Crippen LogP contribution in [0, 0.1) is 11.8 Å². The first-order valence-electron chi connectivity index (χ1n) is 10.0. The van der Waals surface area contributed by atoms with Crippen LogP contribution in [0.3, 0.4) is 0 Å². The topological polar surface area (TPSA) is 61.9 Å². The van der Waals surface area contributed by atoms with Crippen LogP contribution in [-0.4, -0.2) is 60.9 Å². The van der Waals surface area contributed by atoms with E-state index in [9.17, 15) is 9.59 Å². The summed E-state index contributed by atoms with van der Waals surface area (Å²) in [6.45, 7) is 3.68. The number of fused-ring (bicyclic) bond motifs is 4. The Morgan fingerprint density at radius 3 is 3.04 bits per heavy atom. The summed E-state index contributed by atoms with van der Waals surface area (Å²) in [7, 11) is 1.64. The van der Waals surface area contributed by atoms with E-state index in [-0.39, 0.29) is 5.91 Å². The minimum absolute atomic E-state index is 0.0642. The molecule has 0 radical (unpaired) electrons. The highest BCUT2D eigenvalue weighted by Crippen LogP contribution is 2.37. The van der Waals surface area contributed by atoms with Crippen molar-refractivity contribution in [1.82, 2.24) is 15.1 Å². The average Bonchev–Trinajstić information content (AvgIpc) is 2.67. The summed E-state index contributed by atoms with van der Waals surface area (Å²) in [5, 5.41) is 3.03. The van der Waals surface area contributed by atoms with Gasteiger partial charge in [0, 0.05) is 38.6 Å². The van der Waals surface area contributed by atoms with Crippen molar-refractivity contribution in [1.29, 1.82) is 0 Å². The van der Waals surface area contributed by atoms with Gasteiger partial charge in [-0.2, -0.15) is 0 Å². The van der Waals surface area contributed by atoms with Crippen molar-refractivity contribution >= 4 is 11.8 Å². The minimum Gasteiger partial charge on any atom is -0.497 e. The van der Waals surface area contributed by atoms with E-state index < -0.39 is 0 Å². The molecule has 6 heteroatoms. The van der Waals surface area contributed by atoms with Gasteiger partial charge in [0.05, 0.1) is 13.7 Å². The third kappa shape index (κ3) is 4.10. The van der Waals surface area contributed by atoms with Crippen molar-refractivity contribution < 1.29 is 14.3 Å². The molecule has 1 aromatic carbocycles.